The smallest absolute Gasteiger partial charge is 0.221 e. The Morgan fingerprint density at radius 1 is 1.48 bits per heavy atom. The van der Waals surface area contributed by atoms with E-state index in [2.05, 4.69) is 10.6 Å². The van der Waals surface area contributed by atoms with Gasteiger partial charge in [-0.15, -0.1) is 12.4 Å². The highest BCUT2D eigenvalue weighted by Gasteiger charge is 2.16. The van der Waals surface area contributed by atoms with Crippen LogP contribution in [0.4, 0.5) is 0 Å². The molecule has 1 aromatic rings. The predicted octanol–water partition coefficient (Wildman–Crippen LogP) is 1.87. The molecule has 2 rings (SSSR count). The molecule has 0 bridgehead atoms. The first-order valence-corrected chi connectivity index (χ1v) is 8.15. The molecule has 0 saturated carbocycles. The molecule has 3 N–H and O–H groups in total. The van der Waals surface area contributed by atoms with E-state index in [0.29, 0.717) is 19.0 Å². The monoisotopic (exact) mass is 330 g/mol. The number of carbonyl (C=O) groups is 1. The van der Waals surface area contributed by atoms with Crippen molar-refractivity contribution in [2.24, 2.45) is 0 Å². The van der Waals surface area contributed by atoms with Crippen LogP contribution < -0.4 is 10.6 Å². The first-order chi connectivity index (χ1) is 9.65. The maximum Gasteiger partial charge on any atom is 0.221 e. The molecular formula is C15H23ClN2O2S. The van der Waals surface area contributed by atoms with Crippen LogP contribution in [0, 0.1) is 0 Å². The Labute approximate surface area is 136 Å². The number of aliphatic hydroxyl groups excluding tert-OH is 1. The summed E-state index contributed by atoms with van der Waals surface area (Å²) in [6, 6.07) is 7.97. The molecule has 0 aromatic heterocycles. The third-order valence-electron chi connectivity index (χ3n) is 3.38. The van der Waals surface area contributed by atoms with E-state index in [4.69, 9.17) is 0 Å². The van der Waals surface area contributed by atoms with Gasteiger partial charge in [-0.1, -0.05) is 24.3 Å². The van der Waals surface area contributed by atoms with Crippen molar-refractivity contribution >= 4 is 30.1 Å². The van der Waals surface area contributed by atoms with E-state index in [1.807, 2.05) is 36.0 Å². The lowest BCUT2D eigenvalue weighted by molar-refractivity contribution is -0.121. The van der Waals surface area contributed by atoms with Crippen molar-refractivity contribution in [3.8, 4) is 0 Å². The number of rotatable bonds is 5. The Morgan fingerprint density at radius 2 is 2.19 bits per heavy atom. The van der Waals surface area contributed by atoms with Crippen LogP contribution in [0.3, 0.4) is 0 Å². The highest BCUT2D eigenvalue weighted by Crippen LogP contribution is 2.13. The van der Waals surface area contributed by atoms with Gasteiger partial charge in [0.1, 0.15) is 0 Å². The minimum absolute atomic E-state index is 0. The average molecular weight is 331 g/mol. The normalized spacial score (nSPS) is 19.4. The number of nitrogens with one attached hydrogen (secondary N) is 2. The zero-order chi connectivity index (χ0) is 14.4. The first kappa shape index (κ1) is 18.3. The second-order valence-corrected chi connectivity index (χ2v) is 6.27. The second-order valence-electron chi connectivity index (χ2n) is 5.12. The van der Waals surface area contributed by atoms with Gasteiger partial charge in [0.2, 0.25) is 5.91 Å². The van der Waals surface area contributed by atoms with E-state index in [1.54, 1.807) is 6.92 Å². The Kier molecular flexibility index (Phi) is 8.11. The number of hydrogen-bond acceptors (Lipinski definition) is 4. The summed E-state index contributed by atoms with van der Waals surface area (Å²) in [4.78, 5) is 11.9. The number of hydrogen-bond donors (Lipinski definition) is 3. The van der Waals surface area contributed by atoms with Crippen LogP contribution in [0.5, 0.6) is 0 Å². The molecule has 1 heterocycles. The minimum atomic E-state index is -0.450. The second kappa shape index (κ2) is 9.30. The van der Waals surface area contributed by atoms with Crippen LogP contribution in [0.1, 0.15) is 30.6 Å². The molecule has 2 unspecified atom stereocenters. The van der Waals surface area contributed by atoms with Crippen LogP contribution in [0.25, 0.3) is 0 Å². The summed E-state index contributed by atoms with van der Waals surface area (Å²) < 4.78 is 0. The summed E-state index contributed by atoms with van der Waals surface area (Å²) in [5.41, 5.74) is 1.94. The van der Waals surface area contributed by atoms with Crippen LogP contribution in [0.2, 0.25) is 0 Å². The van der Waals surface area contributed by atoms with Gasteiger partial charge in [0, 0.05) is 37.1 Å². The van der Waals surface area contributed by atoms with Gasteiger partial charge < -0.3 is 15.7 Å². The Balaban J connectivity index is 0.00000220. The topological polar surface area (TPSA) is 61.4 Å². The molecule has 1 aliphatic heterocycles. The molecule has 1 saturated heterocycles. The fourth-order valence-electron chi connectivity index (χ4n) is 2.16. The summed E-state index contributed by atoms with van der Waals surface area (Å²) in [6.07, 6.45) is 0.0900. The number of aliphatic hydroxyl groups is 1. The van der Waals surface area contributed by atoms with Crippen molar-refractivity contribution in [3.05, 3.63) is 35.4 Å². The maximum absolute atomic E-state index is 11.9. The van der Waals surface area contributed by atoms with E-state index in [1.165, 1.54) is 0 Å². The summed E-state index contributed by atoms with van der Waals surface area (Å²) in [7, 11) is 0. The highest BCUT2D eigenvalue weighted by atomic mass is 35.5. The summed E-state index contributed by atoms with van der Waals surface area (Å²) >= 11 is 1.90. The molecule has 4 nitrogen and oxygen atoms in total. The molecule has 0 aliphatic carbocycles. The summed E-state index contributed by atoms with van der Waals surface area (Å²) in [5.74, 6) is 2.23. The van der Waals surface area contributed by atoms with Crippen LogP contribution in [0.15, 0.2) is 24.3 Å². The number of thioether (sulfide) groups is 1. The van der Waals surface area contributed by atoms with Gasteiger partial charge >= 0.3 is 0 Å². The number of amides is 1. The quantitative estimate of drug-likeness (QED) is 0.771. The van der Waals surface area contributed by atoms with E-state index in [0.717, 1.165) is 29.2 Å². The van der Waals surface area contributed by atoms with Crippen molar-refractivity contribution in [3.63, 3.8) is 0 Å². The van der Waals surface area contributed by atoms with Gasteiger partial charge in [-0.2, -0.15) is 11.8 Å². The van der Waals surface area contributed by atoms with Crippen LogP contribution in [-0.4, -0.2) is 35.1 Å². The molecule has 0 spiro atoms. The lowest BCUT2D eigenvalue weighted by Gasteiger charge is -2.22. The zero-order valence-electron chi connectivity index (χ0n) is 12.2. The number of carbonyl (C=O) groups excluding carboxylic acids is 1. The van der Waals surface area contributed by atoms with E-state index in [-0.39, 0.29) is 18.3 Å². The van der Waals surface area contributed by atoms with Gasteiger partial charge in [0.25, 0.3) is 0 Å². The summed E-state index contributed by atoms with van der Waals surface area (Å²) in [5, 5.41) is 15.7. The van der Waals surface area contributed by atoms with Gasteiger partial charge in [-0.05, 0) is 18.1 Å². The molecule has 6 heteroatoms. The standard InChI is InChI=1S/C15H22N2O2S.ClH/c1-11(18)13-4-2-12(3-5-13)9-17-15(19)8-14-10-20-7-6-16-14;/h2-5,11,14,16,18H,6-10H2,1H3,(H,17,19);1H. The molecular weight excluding hydrogens is 308 g/mol. The number of halogens is 1. The van der Waals surface area contributed by atoms with Gasteiger partial charge in [0.15, 0.2) is 0 Å². The minimum Gasteiger partial charge on any atom is -0.389 e. The fraction of sp³-hybridized carbons (Fsp3) is 0.533. The summed E-state index contributed by atoms with van der Waals surface area (Å²) in [6.45, 7) is 3.27. The van der Waals surface area contributed by atoms with Crippen molar-refractivity contribution in [1.29, 1.82) is 0 Å². The Morgan fingerprint density at radius 3 is 2.76 bits per heavy atom. The van der Waals surface area contributed by atoms with E-state index >= 15 is 0 Å². The Bertz CT molecular complexity index is 434. The van der Waals surface area contributed by atoms with Gasteiger partial charge in [0.05, 0.1) is 6.10 Å². The molecule has 21 heavy (non-hydrogen) atoms. The molecule has 2 atom stereocenters. The van der Waals surface area contributed by atoms with Crippen LogP contribution >= 0.6 is 24.2 Å². The third kappa shape index (κ3) is 6.26. The molecule has 1 fully saturated rings. The third-order valence-corrected chi connectivity index (χ3v) is 4.51. The molecule has 1 aliphatic rings. The predicted molar refractivity (Wildman–Crippen MR) is 89.9 cm³/mol. The first-order valence-electron chi connectivity index (χ1n) is 7.00. The molecule has 1 amide bonds. The maximum atomic E-state index is 11.9. The SMILES string of the molecule is CC(O)c1ccc(CNC(=O)CC2CSCCN2)cc1.Cl. The van der Waals surface area contributed by atoms with Crippen molar-refractivity contribution in [2.45, 2.75) is 32.0 Å². The largest absolute Gasteiger partial charge is 0.389 e. The highest BCUT2D eigenvalue weighted by molar-refractivity contribution is 7.99. The average Bonchev–Trinajstić information content (AvgIpc) is 2.46. The van der Waals surface area contributed by atoms with E-state index in [9.17, 15) is 9.90 Å². The lowest BCUT2D eigenvalue weighted by Crippen LogP contribution is -2.41. The fourth-order valence-corrected chi connectivity index (χ4v) is 3.11. The van der Waals surface area contributed by atoms with Gasteiger partial charge in [-0.25, -0.2) is 0 Å². The zero-order valence-corrected chi connectivity index (χ0v) is 13.8. The van der Waals surface area contributed by atoms with Crippen molar-refractivity contribution in [2.75, 3.05) is 18.1 Å². The van der Waals surface area contributed by atoms with E-state index < -0.39 is 6.10 Å². The number of benzene rings is 1. The Hall–Kier alpha value is -0.750. The molecule has 118 valence electrons. The van der Waals surface area contributed by atoms with Crippen molar-refractivity contribution in [1.82, 2.24) is 10.6 Å². The molecule has 1 aromatic carbocycles. The molecule has 0 radical (unpaired) electrons. The van der Waals surface area contributed by atoms with Crippen LogP contribution in [-0.2, 0) is 11.3 Å². The lowest BCUT2D eigenvalue weighted by atomic mass is 10.1. The van der Waals surface area contributed by atoms with Gasteiger partial charge in [-0.3, -0.25) is 4.79 Å². The van der Waals surface area contributed by atoms with Crippen molar-refractivity contribution < 1.29 is 9.90 Å².